The second-order valence-electron chi connectivity index (χ2n) is 7.60. The van der Waals surface area contributed by atoms with Crippen molar-refractivity contribution in [1.82, 2.24) is 13.9 Å². The van der Waals surface area contributed by atoms with Gasteiger partial charge in [-0.1, -0.05) is 6.42 Å². The van der Waals surface area contributed by atoms with Gasteiger partial charge in [0, 0.05) is 50.7 Å². The van der Waals surface area contributed by atoms with Gasteiger partial charge in [-0.15, -0.1) is 0 Å². The number of imidazole rings is 1. The van der Waals surface area contributed by atoms with Crippen LogP contribution in [0.5, 0.6) is 0 Å². The minimum Gasteiger partial charge on any atom is -0.366 e. The number of sulfonamides is 1. The lowest BCUT2D eigenvalue weighted by Gasteiger charge is -2.34. The molecule has 1 aromatic carbocycles. The van der Waals surface area contributed by atoms with Crippen LogP contribution in [0.4, 0.5) is 11.4 Å². The van der Waals surface area contributed by atoms with E-state index in [2.05, 4.69) is 9.55 Å². The van der Waals surface area contributed by atoms with Crippen LogP contribution in [0.25, 0.3) is 0 Å². The number of nitro benzene ring substituents is 1. The third kappa shape index (κ3) is 3.99. The van der Waals surface area contributed by atoms with Crippen LogP contribution in [0.1, 0.15) is 38.1 Å². The SMILES string of the molecule is O=[N+]([O-])c1cc(S(=O)(=O)N2CCCCC2)ccc1N1CCC(n2ccnc2)CC1. The summed E-state index contributed by atoms with van der Waals surface area (Å²) in [5.74, 6) is 0. The molecule has 0 amide bonds. The molecule has 0 spiro atoms. The van der Waals surface area contributed by atoms with Gasteiger partial charge in [0.15, 0.2) is 0 Å². The van der Waals surface area contributed by atoms with E-state index in [4.69, 9.17) is 0 Å². The van der Waals surface area contributed by atoms with E-state index in [1.54, 1.807) is 18.6 Å². The van der Waals surface area contributed by atoms with Crippen LogP contribution in [-0.4, -0.2) is 53.4 Å². The van der Waals surface area contributed by atoms with E-state index in [1.165, 1.54) is 16.4 Å². The monoisotopic (exact) mass is 419 g/mol. The first kappa shape index (κ1) is 19.8. The number of rotatable bonds is 5. The Bertz CT molecular complexity index is 962. The van der Waals surface area contributed by atoms with E-state index in [-0.39, 0.29) is 10.6 Å². The van der Waals surface area contributed by atoms with Gasteiger partial charge in [0.05, 0.1) is 16.1 Å². The molecule has 0 atom stereocenters. The summed E-state index contributed by atoms with van der Waals surface area (Å²) in [5.41, 5.74) is 0.334. The summed E-state index contributed by atoms with van der Waals surface area (Å²) in [6.45, 7) is 2.28. The van der Waals surface area contributed by atoms with Crippen molar-refractivity contribution < 1.29 is 13.3 Å². The molecule has 0 unspecified atom stereocenters. The Morgan fingerprint density at radius 1 is 1.07 bits per heavy atom. The fourth-order valence-electron chi connectivity index (χ4n) is 4.22. The second kappa shape index (κ2) is 8.11. The first-order valence-corrected chi connectivity index (χ1v) is 11.4. The molecule has 3 heterocycles. The topological polar surface area (TPSA) is 102 Å². The van der Waals surface area contributed by atoms with Gasteiger partial charge in [-0.25, -0.2) is 13.4 Å². The maximum absolute atomic E-state index is 12.9. The molecule has 10 heteroatoms. The van der Waals surface area contributed by atoms with Gasteiger partial charge in [0.25, 0.3) is 5.69 Å². The number of anilines is 1. The third-order valence-electron chi connectivity index (χ3n) is 5.85. The van der Waals surface area contributed by atoms with Crippen LogP contribution >= 0.6 is 0 Å². The minimum absolute atomic E-state index is 0.00292. The van der Waals surface area contributed by atoms with Crippen LogP contribution in [0.15, 0.2) is 41.8 Å². The molecule has 9 nitrogen and oxygen atoms in total. The molecular formula is C19H25N5O4S. The first-order chi connectivity index (χ1) is 14.0. The predicted octanol–water partition coefficient (Wildman–Crippen LogP) is 2.81. The standard InChI is InChI=1S/C19H25N5O4S/c25-24(26)19-14-17(29(27,28)23-9-2-1-3-10-23)4-5-18(19)21-11-6-16(7-12-21)22-13-8-20-15-22/h4-5,8,13-16H,1-3,6-7,9-12H2. The Labute approximate surface area is 170 Å². The Morgan fingerprint density at radius 3 is 2.41 bits per heavy atom. The molecule has 0 aliphatic carbocycles. The fraction of sp³-hybridized carbons (Fsp3) is 0.526. The number of hydrogen-bond acceptors (Lipinski definition) is 6. The Kier molecular flexibility index (Phi) is 5.55. The Morgan fingerprint density at radius 2 is 1.79 bits per heavy atom. The maximum Gasteiger partial charge on any atom is 0.293 e. The average molecular weight is 420 g/mol. The quantitative estimate of drug-likeness (QED) is 0.546. The van der Waals surface area contributed by atoms with Crippen LogP contribution in [0.3, 0.4) is 0 Å². The summed E-state index contributed by atoms with van der Waals surface area (Å²) in [4.78, 5) is 17.3. The summed E-state index contributed by atoms with van der Waals surface area (Å²) in [5, 5.41) is 11.7. The highest BCUT2D eigenvalue weighted by molar-refractivity contribution is 7.89. The number of benzene rings is 1. The number of aromatic nitrogens is 2. The van der Waals surface area contributed by atoms with Gasteiger partial charge < -0.3 is 9.47 Å². The number of nitrogens with zero attached hydrogens (tertiary/aromatic N) is 5. The summed E-state index contributed by atoms with van der Waals surface area (Å²) in [6.07, 6.45) is 9.84. The lowest BCUT2D eigenvalue weighted by molar-refractivity contribution is -0.384. The molecule has 2 fully saturated rings. The van der Waals surface area contributed by atoms with Gasteiger partial charge >= 0.3 is 0 Å². The van der Waals surface area contributed by atoms with E-state index in [0.717, 1.165) is 32.1 Å². The molecule has 1 aromatic heterocycles. The van der Waals surface area contributed by atoms with Crippen molar-refractivity contribution in [1.29, 1.82) is 0 Å². The van der Waals surface area contributed by atoms with Gasteiger partial charge in [0.2, 0.25) is 10.0 Å². The van der Waals surface area contributed by atoms with Crippen LogP contribution in [-0.2, 0) is 10.0 Å². The normalized spacial score (nSPS) is 19.4. The van der Waals surface area contributed by atoms with Crippen LogP contribution in [0.2, 0.25) is 0 Å². The molecular weight excluding hydrogens is 394 g/mol. The lowest BCUT2D eigenvalue weighted by atomic mass is 10.0. The van der Waals surface area contributed by atoms with Gasteiger partial charge in [0.1, 0.15) is 5.69 Å². The smallest absolute Gasteiger partial charge is 0.293 e. The number of hydrogen-bond donors (Lipinski definition) is 0. The molecule has 29 heavy (non-hydrogen) atoms. The molecule has 156 valence electrons. The molecule has 2 aromatic rings. The van der Waals surface area contributed by atoms with Crippen molar-refractivity contribution in [2.24, 2.45) is 0 Å². The summed E-state index contributed by atoms with van der Waals surface area (Å²) >= 11 is 0. The average Bonchev–Trinajstić information content (AvgIpc) is 3.29. The maximum atomic E-state index is 12.9. The second-order valence-corrected chi connectivity index (χ2v) is 9.54. The highest BCUT2D eigenvalue weighted by atomic mass is 32.2. The third-order valence-corrected chi connectivity index (χ3v) is 7.74. The molecule has 2 aliphatic rings. The van der Waals surface area contributed by atoms with Crippen molar-refractivity contribution >= 4 is 21.4 Å². The van der Waals surface area contributed by atoms with E-state index in [9.17, 15) is 18.5 Å². The molecule has 0 radical (unpaired) electrons. The van der Waals surface area contributed by atoms with E-state index < -0.39 is 14.9 Å². The Balaban J connectivity index is 1.56. The number of piperidine rings is 2. The zero-order valence-electron chi connectivity index (χ0n) is 16.2. The minimum atomic E-state index is -3.70. The Hall–Kier alpha value is -2.46. The fourth-order valence-corrected chi connectivity index (χ4v) is 5.76. The lowest BCUT2D eigenvalue weighted by Crippen LogP contribution is -2.36. The molecule has 0 saturated carbocycles. The van der Waals surface area contributed by atoms with E-state index >= 15 is 0 Å². The largest absolute Gasteiger partial charge is 0.366 e. The molecule has 4 rings (SSSR count). The summed E-state index contributed by atoms with van der Waals surface area (Å²) in [6, 6.07) is 4.65. The highest BCUT2D eigenvalue weighted by Crippen LogP contribution is 2.35. The summed E-state index contributed by atoms with van der Waals surface area (Å²) < 4.78 is 29.3. The van der Waals surface area contributed by atoms with Gasteiger partial charge in [-0.3, -0.25) is 10.1 Å². The zero-order valence-corrected chi connectivity index (χ0v) is 17.0. The van der Waals surface area contributed by atoms with Crippen molar-refractivity contribution in [3.05, 3.63) is 47.0 Å². The molecule has 2 aliphatic heterocycles. The van der Waals surface area contributed by atoms with Gasteiger partial charge in [-0.2, -0.15) is 4.31 Å². The first-order valence-electron chi connectivity index (χ1n) is 9.98. The van der Waals surface area contributed by atoms with Crippen LogP contribution < -0.4 is 4.90 Å². The van der Waals surface area contributed by atoms with Crippen molar-refractivity contribution in [2.45, 2.75) is 43.0 Å². The van der Waals surface area contributed by atoms with Crippen LogP contribution in [0, 0.1) is 10.1 Å². The highest BCUT2D eigenvalue weighted by Gasteiger charge is 2.31. The van der Waals surface area contributed by atoms with E-state index in [0.29, 0.717) is 37.9 Å². The van der Waals surface area contributed by atoms with Crippen molar-refractivity contribution in [3.8, 4) is 0 Å². The van der Waals surface area contributed by atoms with Crippen molar-refractivity contribution in [2.75, 3.05) is 31.1 Å². The molecule has 0 N–H and O–H groups in total. The molecule has 0 bridgehead atoms. The predicted molar refractivity (Wildman–Crippen MR) is 108 cm³/mol. The molecule has 2 saturated heterocycles. The zero-order chi connectivity index (χ0) is 20.4. The van der Waals surface area contributed by atoms with Gasteiger partial charge in [-0.05, 0) is 37.8 Å². The number of nitro groups is 1. The summed E-state index contributed by atoms with van der Waals surface area (Å²) in [7, 11) is -3.70. The van der Waals surface area contributed by atoms with E-state index in [1.807, 2.05) is 11.1 Å². The van der Waals surface area contributed by atoms with Crippen molar-refractivity contribution in [3.63, 3.8) is 0 Å².